The van der Waals surface area contributed by atoms with Gasteiger partial charge in [-0.05, 0) is 62.8 Å². The smallest absolute Gasteiger partial charge is 0.236 e. The van der Waals surface area contributed by atoms with E-state index in [1.54, 1.807) is 0 Å². The molecule has 1 amide bonds. The molecule has 4 nitrogen and oxygen atoms in total. The predicted molar refractivity (Wildman–Crippen MR) is 96.1 cm³/mol. The minimum absolute atomic E-state index is 0.305. The molecule has 0 spiro atoms. The minimum atomic E-state index is 0.305. The number of piperidine rings is 1. The molecule has 1 aromatic carbocycles. The highest BCUT2D eigenvalue weighted by Gasteiger charge is 2.30. The summed E-state index contributed by atoms with van der Waals surface area (Å²) in [5, 5.41) is 0. The molecule has 2 aliphatic heterocycles. The number of amides is 1. The van der Waals surface area contributed by atoms with Crippen LogP contribution in [0.25, 0.3) is 0 Å². The van der Waals surface area contributed by atoms with Gasteiger partial charge in [-0.2, -0.15) is 0 Å². The van der Waals surface area contributed by atoms with Crippen molar-refractivity contribution in [1.29, 1.82) is 0 Å². The standard InChI is InChI=1S/C20H30N2O2/c1-3-24-18-10-8-17(9-11-18)19-7-5-12-21(19)15-20(23)22-13-4-6-16(2)14-22/h8-11,16,19H,3-7,12-15H2,1-2H3/t16-,19-/m0/s1. The molecule has 3 rings (SSSR count). The Kier molecular flexibility index (Phi) is 5.77. The van der Waals surface area contributed by atoms with Gasteiger partial charge in [0.25, 0.3) is 0 Å². The molecule has 24 heavy (non-hydrogen) atoms. The van der Waals surface area contributed by atoms with Gasteiger partial charge in [-0.25, -0.2) is 0 Å². The lowest BCUT2D eigenvalue weighted by molar-refractivity contribution is -0.134. The summed E-state index contributed by atoms with van der Waals surface area (Å²) in [5.74, 6) is 1.87. The minimum Gasteiger partial charge on any atom is -0.494 e. The second kappa shape index (κ2) is 8.02. The van der Waals surface area contributed by atoms with Crippen molar-refractivity contribution in [2.24, 2.45) is 5.92 Å². The van der Waals surface area contributed by atoms with Crippen molar-refractivity contribution in [3.8, 4) is 5.75 Å². The van der Waals surface area contributed by atoms with Crippen molar-refractivity contribution in [2.75, 3.05) is 32.8 Å². The van der Waals surface area contributed by atoms with Gasteiger partial charge in [-0.15, -0.1) is 0 Å². The van der Waals surface area contributed by atoms with Crippen LogP contribution in [0.4, 0.5) is 0 Å². The number of rotatable bonds is 5. The normalized spacial score (nSPS) is 25.0. The van der Waals surface area contributed by atoms with Crippen molar-refractivity contribution < 1.29 is 9.53 Å². The van der Waals surface area contributed by atoms with Crippen LogP contribution in [0.2, 0.25) is 0 Å². The van der Waals surface area contributed by atoms with E-state index in [1.807, 2.05) is 19.1 Å². The van der Waals surface area contributed by atoms with Crippen molar-refractivity contribution in [3.05, 3.63) is 29.8 Å². The Hall–Kier alpha value is -1.55. The van der Waals surface area contributed by atoms with E-state index in [4.69, 9.17) is 4.74 Å². The number of hydrogen-bond acceptors (Lipinski definition) is 3. The van der Waals surface area contributed by atoms with Crippen LogP contribution >= 0.6 is 0 Å². The zero-order chi connectivity index (χ0) is 16.9. The Balaban J connectivity index is 1.61. The molecule has 2 heterocycles. The summed E-state index contributed by atoms with van der Waals surface area (Å²) in [4.78, 5) is 17.1. The SMILES string of the molecule is CCOc1ccc([C@@H]2CCCN2CC(=O)N2CCC[C@H](C)C2)cc1. The molecule has 2 saturated heterocycles. The molecule has 1 aromatic rings. The summed E-state index contributed by atoms with van der Waals surface area (Å²) in [6, 6.07) is 8.77. The van der Waals surface area contributed by atoms with Crippen molar-refractivity contribution in [3.63, 3.8) is 0 Å². The molecule has 0 aliphatic carbocycles. The molecule has 2 aliphatic rings. The Morgan fingerprint density at radius 2 is 1.92 bits per heavy atom. The largest absolute Gasteiger partial charge is 0.494 e. The molecule has 132 valence electrons. The second-order valence-corrected chi connectivity index (χ2v) is 7.22. The number of benzene rings is 1. The van der Waals surface area contributed by atoms with Crippen LogP contribution in [-0.4, -0.2) is 48.5 Å². The fraction of sp³-hybridized carbons (Fsp3) is 0.650. The maximum absolute atomic E-state index is 12.7. The summed E-state index contributed by atoms with van der Waals surface area (Å²) in [5.41, 5.74) is 1.30. The summed E-state index contributed by atoms with van der Waals surface area (Å²) < 4.78 is 5.53. The van der Waals surface area contributed by atoms with Crippen LogP contribution in [-0.2, 0) is 4.79 Å². The molecule has 2 fully saturated rings. The number of carbonyl (C=O) groups excluding carboxylic acids is 1. The van der Waals surface area contributed by atoms with Gasteiger partial charge in [0.15, 0.2) is 0 Å². The first-order chi connectivity index (χ1) is 11.7. The molecular weight excluding hydrogens is 300 g/mol. The number of carbonyl (C=O) groups is 1. The first kappa shape index (κ1) is 17.3. The average molecular weight is 330 g/mol. The summed E-state index contributed by atoms with van der Waals surface area (Å²) >= 11 is 0. The number of ether oxygens (including phenoxy) is 1. The van der Waals surface area contributed by atoms with Crippen LogP contribution in [0.5, 0.6) is 5.75 Å². The number of likely N-dealkylation sites (tertiary alicyclic amines) is 2. The first-order valence-electron chi connectivity index (χ1n) is 9.42. The topological polar surface area (TPSA) is 32.8 Å². The van der Waals surface area contributed by atoms with Crippen LogP contribution in [0.1, 0.15) is 51.1 Å². The number of nitrogens with zero attached hydrogens (tertiary/aromatic N) is 2. The third-order valence-electron chi connectivity index (χ3n) is 5.29. The molecule has 2 atom stereocenters. The van der Waals surface area contributed by atoms with Crippen molar-refractivity contribution in [1.82, 2.24) is 9.80 Å². The van der Waals surface area contributed by atoms with E-state index in [1.165, 1.54) is 18.4 Å². The fourth-order valence-corrected chi connectivity index (χ4v) is 4.04. The lowest BCUT2D eigenvalue weighted by Crippen LogP contribution is -2.44. The van der Waals surface area contributed by atoms with E-state index in [2.05, 4.69) is 28.9 Å². The Labute approximate surface area is 145 Å². The summed E-state index contributed by atoms with van der Waals surface area (Å²) in [7, 11) is 0. The van der Waals surface area contributed by atoms with Gasteiger partial charge in [-0.3, -0.25) is 9.69 Å². The molecular formula is C20H30N2O2. The van der Waals surface area contributed by atoms with Gasteiger partial charge < -0.3 is 9.64 Å². The second-order valence-electron chi connectivity index (χ2n) is 7.22. The Morgan fingerprint density at radius 1 is 1.17 bits per heavy atom. The monoisotopic (exact) mass is 330 g/mol. The fourth-order valence-electron chi connectivity index (χ4n) is 4.04. The molecule has 0 N–H and O–H groups in total. The van der Waals surface area contributed by atoms with E-state index in [0.29, 0.717) is 31.0 Å². The van der Waals surface area contributed by atoms with Crippen molar-refractivity contribution in [2.45, 2.75) is 45.6 Å². The Morgan fingerprint density at radius 3 is 2.62 bits per heavy atom. The third-order valence-corrected chi connectivity index (χ3v) is 5.29. The van der Waals surface area contributed by atoms with E-state index >= 15 is 0 Å². The predicted octanol–water partition coefficient (Wildman–Crippen LogP) is 3.48. The molecule has 4 heteroatoms. The van der Waals surface area contributed by atoms with Crippen LogP contribution < -0.4 is 4.74 Å². The molecule has 0 aromatic heterocycles. The zero-order valence-electron chi connectivity index (χ0n) is 15.0. The summed E-state index contributed by atoms with van der Waals surface area (Å²) in [6.07, 6.45) is 4.71. The van der Waals surface area contributed by atoms with Gasteiger partial charge in [0, 0.05) is 19.1 Å². The average Bonchev–Trinajstić information content (AvgIpc) is 3.04. The van der Waals surface area contributed by atoms with Crippen LogP contribution in [0.15, 0.2) is 24.3 Å². The van der Waals surface area contributed by atoms with E-state index in [-0.39, 0.29) is 0 Å². The quantitative estimate of drug-likeness (QED) is 0.828. The zero-order valence-corrected chi connectivity index (χ0v) is 15.0. The highest BCUT2D eigenvalue weighted by Crippen LogP contribution is 2.32. The highest BCUT2D eigenvalue weighted by molar-refractivity contribution is 5.78. The lowest BCUT2D eigenvalue weighted by Gasteiger charge is -2.33. The van der Waals surface area contributed by atoms with Gasteiger partial charge in [0.05, 0.1) is 13.2 Å². The molecule has 0 saturated carbocycles. The van der Waals surface area contributed by atoms with Gasteiger partial charge in [0.1, 0.15) is 5.75 Å². The lowest BCUT2D eigenvalue weighted by atomic mass is 10.0. The summed E-state index contributed by atoms with van der Waals surface area (Å²) in [6.45, 7) is 8.39. The van der Waals surface area contributed by atoms with Gasteiger partial charge in [0.2, 0.25) is 5.91 Å². The number of hydrogen-bond donors (Lipinski definition) is 0. The highest BCUT2D eigenvalue weighted by atomic mass is 16.5. The maximum atomic E-state index is 12.7. The van der Waals surface area contributed by atoms with Crippen LogP contribution in [0, 0.1) is 5.92 Å². The van der Waals surface area contributed by atoms with Gasteiger partial charge >= 0.3 is 0 Å². The first-order valence-corrected chi connectivity index (χ1v) is 9.42. The maximum Gasteiger partial charge on any atom is 0.236 e. The Bertz CT molecular complexity index is 543. The third kappa shape index (κ3) is 4.10. The molecule has 0 unspecified atom stereocenters. The van der Waals surface area contributed by atoms with Crippen molar-refractivity contribution >= 4 is 5.91 Å². The molecule has 0 bridgehead atoms. The van der Waals surface area contributed by atoms with E-state index < -0.39 is 0 Å². The van der Waals surface area contributed by atoms with E-state index in [9.17, 15) is 4.79 Å². The van der Waals surface area contributed by atoms with Gasteiger partial charge in [-0.1, -0.05) is 19.1 Å². The van der Waals surface area contributed by atoms with E-state index in [0.717, 1.165) is 38.2 Å². The molecule has 0 radical (unpaired) electrons. The van der Waals surface area contributed by atoms with Crippen LogP contribution in [0.3, 0.4) is 0 Å².